The Morgan fingerprint density at radius 2 is 2.15 bits per heavy atom. The highest BCUT2D eigenvalue weighted by Crippen LogP contribution is 2.15. The molecule has 0 unspecified atom stereocenters. The summed E-state index contributed by atoms with van der Waals surface area (Å²) in [5.74, 6) is -0.376. The van der Waals surface area contributed by atoms with Crippen LogP contribution in [0.15, 0.2) is 18.2 Å². The van der Waals surface area contributed by atoms with E-state index in [0.29, 0.717) is 0 Å². The van der Waals surface area contributed by atoms with Gasteiger partial charge in [-0.15, -0.1) is 0 Å². The molecule has 0 aliphatic rings. The molecule has 0 radical (unpaired) electrons. The van der Waals surface area contributed by atoms with Crippen molar-refractivity contribution in [3.05, 3.63) is 29.6 Å². The highest BCUT2D eigenvalue weighted by atomic mass is 19.1. The number of rotatable bonds is 4. The molecule has 0 spiro atoms. The van der Waals surface area contributed by atoms with Crippen LogP contribution in [-0.4, -0.2) is 18.7 Å². The molecule has 1 aromatic carbocycles. The van der Waals surface area contributed by atoms with Crippen molar-refractivity contribution < 1.29 is 9.50 Å². The van der Waals surface area contributed by atoms with Crippen molar-refractivity contribution in [2.24, 2.45) is 0 Å². The van der Waals surface area contributed by atoms with Crippen LogP contribution in [0.1, 0.15) is 12.0 Å². The molecule has 0 bridgehead atoms. The summed E-state index contributed by atoms with van der Waals surface area (Å²) in [6.07, 6.45) is 1.73. The molecule has 1 rings (SSSR count). The van der Waals surface area contributed by atoms with E-state index in [9.17, 15) is 4.39 Å². The molecule has 72 valence electrons. The summed E-state index contributed by atoms with van der Waals surface area (Å²) in [6, 6.07) is 4.16. The molecule has 0 aliphatic carbocycles. The van der Waals surface area contributed by atoms with Gasteiger partial charge < -0.3 is 10.4 Å². The van der Waals surface area contributed by atoms with E-state index in [1.54, 1.807) is 6.07 Å². The van der Waals surface area contributed by atoms with Gasteiger partial charge in [0.05, 0.1) is 0 Å². The minimum atomic E-state index is -0.376. The smallest absolute Gasteiger partial charge is 0.127 e. The maximum atomic E-state index is 12.8. The van der Waals surface area contributed by atoms with Crippen molar-refractivity contribution in [2.75, 3.05) is 13.6 Å². The van der Waals surface area contributed by atoms with E-state index in [1.807, 2.05) is 7.05 Å². The zero-order chi connectivity index (χ0) is 9.68. The SMILES string of the molecule is CNCCCc1cc(O)cc(F)c1. The van der Waals surface area contributed by atoms with Crippen molar-refractivity contribution in [1.29, 1.82) is 0 Å². The lowest BCUT2D eigenvalue weighted by molar-refractivity contribution is 0.468. The maximum absolute atomic E-state index is 12.8. The molecule has 0 amide bonds. The van der Waals surface area contributed by atoms with Crippen molar-refractivity contribution in [2.45, 2.75) is 12.8 Å². The Hall–Kier alpha value is -1.09. The van der Waals surface area contributed by atoms with Crippen LogP contribution in [0.3, 0.4) is 0 Å². The van der Waals surface area contributed by atoms with Gasteiger partial charge in [0.25, 0.3) is 0 Å². The third kappa shape index (κ3) is 3.42. The van der Waals surface area contributed by atoms with Gasteiger partial charge in [-0.25, -0.2) is 4.39 Å². The first-order valence-electron chi connectivity index (χ1n) is 4.35. The first-order valence-corrected chi connectivity index (χ1v) is 4.35. The molecule has 3 heteroatoms. The van der Waals surface area contributed by atoms with E-state index in [0.717, 1.165) is 31.0 Å². The highest BCUT2D eigenvalue weighted by molar-refractivity contribution is 5.28. The van der Waals surface area contributed by atoms with Gasteiger partial charge in [0.2, 0.25) is 0 Å². The average molecular weight is 183 g/mol. The topological polar surface area (TPSA) is 32.3 Å². The number of aromatic hydroxyl groups is 1. The number of halogens is 1. The Balaban J connectivity index is 2.56. The summed E-state index contributed by atoms with van der Waals surface area (Å²) in [7, 11) is 1.88. The van der Waals surface area contributed by atoms with Gasteiger partial charge in [-0.1, -0.05) is 0 Å². The Bertz CT molecular complexity index is 255. The van der Waals surface area contributed by atoms with E-state index in [2.05, 4.69) is 5.32 Å². The second kappa shape index (κ2) is 4.82. The Labute approximate surface area is 77.4 Å². The van der Waals surface area contributed by atoms with E-state index < -0.39 is 0 Å². The van der Waals surface area contributed by atoms with E-state index in [4.69, 9.17) is 5.11 Å². The summed E-state index contributed by atoms with van der Waals surface area (Å²) < 4.78 is 12.8. The number of benzene rings is 1. The molecular formula is C10H14FNO. The van der Waals surface area contributed by atoms with Crippen LogP contribution in [-0.2, 0) is 6.42 Å². The standard InChI is InChI=1S/C10H14FNO/c1-12-4-2-3-8-5-9(11)7-10(13)6-8/h5-7,12-13H,2-4H2,1H3. The van der Waals surface area contributed by atoms with Gasteiger partial charge in [-0.3, -0.25) is 0 Å². The van der Waals surface area contributed by atoms with Gasteiger partial charge in [-0.2, -0.15) is 0 Å². The van der Waals surface area contributed by atoms with Gasteiger partial charge in [0.15, 0.2) is 0 Å². The van der Waals surface area contributed by atoms with Crippen molar-refractivity contribution in [3.63, 3.8) is 0 Å². The zero-order valence-corrected chi connectivity index (χ0v) is 7.68. The van der Waals surface area contributed by atoms with Crippen LogP contribution in [0.4, 0.5) is 4.39 Å². The quantitative estimate of drug-likeness (QED) is 0.696. The van der Waals surface area contributed by atoms with Crippen molar-refractivity contribution >= 4 is 0 Å². The zero-order valence-electron chi connectivity index (χ0n) is 7.68. The molecule has 1 aromatic rings. The van der Waals surface area contributed by atoms with Crippen LogP contribution in [0.2, 0.25) is 0 Å². The van der Waals surface area contributed by atoms with Crippen LogP contribution >= 0.6 is 0 Å². The first kappa shape index (κ1) is 9.99. The molecular weight excluding hydrogens is 169 g/mol. The fraction of sp³-hybridized carbons (Fsp3) is 0.400. The molecule has 0 saturated heterocycles. The minimum Gasteiger partial charge on any atom is -0.508 e. The molecule has 13 heavy (non-hydrogen) atoms. The monoisotopic (exact) mass is 183 g/mol. The van der Waals surface area contributed by atoms with E-state index >= 15 is 0 Å². The molecule has 2 N–H and O–H groups in total. The van der Waals surface area contributed by atoms with Gasteiger partial charge in [-0.05, 0) is 44.1 Å². The number of nitrogens with one attached hydrogen (secondary N) is 1. The number of hydrogen-bond acceptors (Lipinski definition) is 2. The molecule has 0 aromatic heterocycles. The number of phenols is 1. The van der Waals surface area contributed by atoms with E-state index in [-0.39, 0.29) is 11.6 Å². The third-order valence-electron chi connectivity index (χ3n) is 1.83. The van der Waals surface area contributed by atoms with Crippen LogP contribution in [0.25, 0.3) is 0 Å². The summed E-state index contributed by atoms with van der Waals surface area (Å²) >= 11 is 0. The summed E-state index contributed by atoms with van der Waals surface area (Å²) in [5, 5.41) is 12.1. The fourth-order valence-electron chi connectivity index (χ4n) is 1.25. The fourth-order valence-corrected chi connectivity index (χ4v) is 1.25. The van der Waals surface area contributed by atoms with Gasteiger partial charge >= 0.3 is 0 Å². The number of phenolic OH excluding ortho intramolecular Hbond substituents is 1. The first-order chi connectivity index (χ1) is 6.22. The lowest BCUT2D eigenvalue weighted by Gasteiger charge is -2.02. The molecule has 0 saturated carbocycles. The minimum absolute atomic E-state index is 0.000502. The molecule has 0 atom stereocenters. The summed E-state index contributed by atoms with van der Waals surface area (Å²) in [6.45, 7) is 0.900. The molecule has 0 fully saturated rings. The molecule has 0 aliphatic heterocycles. The Kier molecular flexibility index (Phi) is 3.71. The van der Waals surface area contributed by atoms with Crippen LogP contribution in [0.5, 0.6) is 5.75 Å². The second-order valence-corrected chi connectivity index (χ2v) is 3.02. The largest absolute Gasteiger partial charge is 0.508 e. The maximum Gasteiger partial charge on any atom is 0.127 e. The Morgan fingerprint density at radius 3 is 2.77 bits per heavy atom. The van der Waals surface area contributed by atoms with Crippen LogP contribution in [0, 0.1) is 5.82 Å². The number of aryl methyl sites for hydroxylation is 1. The Morgan fingerprint density at radius 1 is 1.38 bits per heavy atom. The van der Waals surface area contributed by atoms with E-state index in [1.165, 1.54) is 6.07 Å². The normalized spacial score (nSPS) is 10.3. The predicted octanol–water partition coefficient (Wildman–Crippen LogP) is 1.68. The lowest BCUT2D eigenvalue weighted by atomic mass is 10.1. The average Bonchev–Trinajstić information content (AvgIpc) is 2.03. The summed E-state index contributed by atoms with van der Waals surface area (Å²) in [4.78, 5) is 0. The van der Waals surface area contributed by atoms with Gasteiger partial charge in [0.1, 0.15) is 11.6 Å². The summed E-state index contributed by atoms with van der Waals surface area (Å²) in [5.41, 5.74) is 0.841. The predicted molar refractivity (Wildman–Crippen MR) is 50.3 cm³/mol. The van der Waals surface area contributed by atoms with Crippen LogP contribution < -0.4 is 5.32 Å². The molecule has 0 heterocycles. The lowest BCUT2D eigenvalue weighted by Crippen LogP contribution is -2.08. The second-order valence-electron chi connectivity index (χ2n) is 3.02. The highest BCUT2D eigenvalue weighted by Gasteiger charge is 1.98. The molecule has 2 nitrogen and oxygen atoms in total. The van der Waals surface area contributed by atoms with Crippen molar-refractivity contribution in [3.8, 4) is 5.75 Å². The third-order valence-corrected chi connectivity index (χ3v) is 1.83. The van der Waals surface area contributed by atoms with Gasteiger partial charge in [0, 0.05) is 6.07 Å². The number of hydrogen-bond donors (Lipinski definition) is 2. The van der Waals surface area contributed by atoms with Crippen molar-refractivity contribution in [1.82, 2.24) is 5.32 Å².